The minimum absolute atomic E-state index is 0.268. The number of carboxylic acid groups (broad SMARTS) is 1. The third kappa shape index (κ3) is 2.61. The van der Waals surface area contributed by atoms with E-state index in [9.17, 15) is 13.2 Å². The summed E-state index contributed by atoms with van der Waals surface area (Å²) in [7, 11) is -3.49. The van der Waals surface area contributed by atoms with Crippen LogP contribution in [0.15, 0.2) is 20.1 Å². The number of thiophene rings is 1. The fourth-order valence-corrected chi connectivity index (χ4v) is 5.84. The van der Waals surface area contributed by atoms with Gasteiger partial charge in [-0.05, 0) is 40.2 Å². The Hall–Kier alpha value is -0.440. The standard InChI is InChI=1S/C10H12BrNO4S2/c11-8-3-6-17-10(8)18(15,16)12-4-1-7(2-5-12)9(13)14/h3,6-7H,1-2,4-5H2,(H,13,14). The molecule has 1 aliphatic rings. The Kier molecular flexibility index (Phi) is 4.10. The van der Waals surface area contributed by atoms with Crippen LogP contribution in [-0.2, 0) is 14.8 Å². The van der Waals surface area contributed by atoms with Gasteiger partial charge in [-0.15, -0.1) is 11.3 Å². The monoisotopic (exact) mass is 353 g/mol. The molecule has 0 saturated carbocycles. The van der Waals surface area contributed by atoms with Crippen LogP contribution in [0, 0.1) is 5.92 Å². The van der Waals surface area contributed by atoms with E-state index in [0.717, 1.165) is 11.3 Å². The van der Waals surface area contributed by atoms with Gasteiger partial charge in [-0.2, -0.15) is 4.31 Å². The van der Waals surface area contributed by atoms with Crippen molar-refractivity contribution in [1.82, 2.24) is 4.31 Å². The lowest BCUT2D eigenvalue weighted by Gasteiger charge is -2.28. The highest BCUT2D eigenvalue weighted by Crippen LogP contribution is 2.32. The molecule has 0 radical (unpaired) electrons. The van der Waals surface area contributed by atoms with Crippen molar-refractivity contribution >= 4 is 43.3 Å². The summed E-state index contributed by atoms with van der Waals surface area (Å²) < 4.78 is 26.8. The van der Waals surface area contributed by atoms with Crippen LogP contribution in [0.25, 0.3) is 0 Å². The molecule has 0 aliphatic carbocycles. The van der Waals surface area contributed by atoms with Gasteiger partial charge in [-0.3, -0.25) is 4.79 Å². The van der Waals surface area contributed by atoms with Crippen LogP contribution in [0.4, 0.5) is 0 Å². The Balaban J connectivity index is 2.15. The van der Waals surface area contributed by atoms with E-state index < -0.39 is 21.9 Å². The highest BCUT2D eigenvalue weighted by molar-refractivity contribution is 9.10. The summed E-state index contributed by atoms with van der Waals surface area (Å²) in [6.45, 7) is 0.535. The van der Waals surface area contributed by atoms with E-state index in [1.165, 1.54) is 4.31 Å². The fourth-order valence-electron chi connectivity index (χ4n) is 1.92. The van der Waals surface area contributed by atoms with Gasteiger partial charge in [-0.1, -0.05) is 0 Å². The average Bonchev–Trinajstić information content (AvgIpc) is 2.76. The van der Waals surface area contributed by atoms with E-state index in [1.807, 2.05) is 0 Å². The second-order valence-electron chi connectivity index (χ2n) is 4.07. The van der Waals surface area contributed by atoms with E-state index in [0.29, 0.717) is 17.3 Å². The maximum Gasteiger partial charge on any atom is 0.306 e. The number of halogens is 1. The lowest BCUT2D eigenvalue weighted by atomic mass is 9.99. The highest BCUT2D eigenvalue weighted by atomic mass is 79.9. The molecule has 0 atom stereocenters. The zero-order valence-corrected chi connectivity index (χ0v) is 12.6. The first-order chi connectivity index (χ1) is 8.43. The van der Waals surface area contributed by atoms with Crippen molar-refractivity contribution in [3.63, 3.8) is 0 Å². The average molecular weight is 354 g/mol. The number of hydrogen-bond acceptors (Lipinski definition) is 4. The molecule has 2 rings (SSSR count). The number of aliphatic carboxylic acids is 1. The lowest BCUT2D eigenvalue weighted by molar-refractivity contribution is -0.142. The molecule has 1 aliphatic heterocycles. The predicted octanol–water partition coefficient (Wildman–Crippen LogP) is 2.00. The molecule has 5 nitrogen and oxygen atoms in total. The third-order valence-electron chi connectivity index (χ3n) is 2.96. The molecular weight excluding hydrogens is 342 g/mol. The van der Waals surface area contributed by atoms with E-state index >= 15 is 0 Å². The number of nitrogens with zero attached hydrogens (tertiary/aromatic N) is 1. The summed E-state index contributed by atoms with van der Waals surface area (Å²) in [5.41, 5.74) is 0. The zero-order chi connectivity index (χ0) is 13.3. The molecule has 0 spiro atoms. The lowest BCUT2D eigenvalue weighted by Crippen LogP contribution is -2.40. The predicted molar refractivity (Wildman–Crippen MR) is 71.1 cm³/mol. The highest BCUT2D eigenvalue weighted by Gasteiger charge is 2.33. The number of piperidine rings is 1. The second kappa shape index (κ2) is 5.28. The summed E-state index contributed by atoms with van der Waals surface area (Å²) in [5, 5.41) is 10.6. The first-order valence-electron chi connectivity index (χ1n) is 5.39. The van der Waals surface area contributed by atoms with Gasteiger partial charge in [0.15, 0.2) is 0 Å². The van der Waals surface area contributed by atoms with Gasteiger partial charge in [0.05, 0.1) is 5.92 Å². The van der Waals surface area contributed by atoms with Gasteiger partial charge in [-0.25, -0.2) is 8.42 Å². The third-order valence-corrected chi connectivity index (χ3v) is 7.51. The van der Waals surface area contributed by atoms with Crippen molar-refractivity contribution in [2.75, 3.05) is 13.1 Å². The maximum atomic E-state index is 12.3. The van der Waals surface area contributed by atoms with Crippen molar-refractivity contribution in [2.45, 2.75) is 17.1 Å². The van der Waals surface area contributed by atoms with Gasteiger partial charge < -0.3 is 5.11 Å². The quantitative estimate of drug-likeness (QED) is 0.901. The van der Waals surface area contributed by atoms with Crippen LogP contribution in [-0.4, -0.2) is 36.9 Å². The summed E-state index contributed by atoms with van der Waals surface area (Å²) in [5.74, 6) is -1.27. The molecule has 8 heteroatoms. The van der Waals surface area contributed by atoms with Gasteiger partial charge in [0.1, 0.15) is 4.21 Å². The van der Waals surface area contributed by atoms with Crippen molar-refractivity contribution in [3.05, 3.63) is 15.9 Å². The van der Waals surface area contributed by atoms with E-state index in [4.69, 9.17) is 5.11 Å². The first kappa shape index (κ1) is 14.0. The van der Waals surface area contributed by atoms with E-state index in [-0.39, 0.29) is 17.3 Å². The van der Waals surface area contributed by atoms with Crippen LogP contribution < -0.4 is 0 Å². The van der Waals surface area contributed by atoms with Crippen LogP contribution in [0.1, 0.15) is 12.8 Å². The Bertz CT molecular complexity index is 546. The molecule has 0 unspecified atom stereocenters. The number of hydrogen-bond donors (Lipinski definition) is 1. The molecule has 18 heavy (non-hydrogen) atoms. The molecule has 2 heterocycles. The molecule has 1 saturated heterocycles. The van der Waals surface area contributed by atoms with E-state index in [1.54, 1.807) is 11.4 Å². The normalized spacial score (nSPS) is 18.9. The Labute approximate surface area is 118 Å². The smallest absolute Gasteiger partial charge is 0.306 e. The molecule has 0 bridgehead atoms. The van der Waals surface area contributed by atoms with Crippen molar-refractivity contribution in [1.29, 1.82) is 0 Å². The van der Waals surface area contributed by atoms with Crippen LogP contribution in [0.5, 0.6) is 0 Å². The van der Waals surface area contributed by atoms with Gasteiger partial charge >= 0.3 is 5.97 Å². The van der Waals surface area contributed by atoms with Crippen LogP contribution in [0.2, 0.25) is 0 Å². The number of carboxylic acids is 1. The number of carbonyl (C=O) groups is 1. The molecule has 100 valence electrons. The zero-order valence-electron chi connectivity index (χ0n) is 9.37. The summed E-state index contributed by atoms with van der Waals surface area (Å²) >= 11 is 4.38. The second-order valence-corrected chi connectivity index (χ2v) is 7.98. The van der Waals surface area contributed by atoms with Gasteiger partial charge in [0.25, 0.3) is 10.0 Å². The van der Waals surface area contributed by atoms with Gasteiger partial charge in [0.2, 0.25) is 0 Å². The Morgan fingerprint density at radius 1 is 1.44 bits per heavy atom. The topological polar surface area (TPSA) is 74.7 Å². The minimum Gasteiger partial charge on any atom is -0.481 e. The summed E-state index contributed by atoms with van der Waals surface area (Å²) in [6, 6.07) is 1.70. The van der Waals surface area contributed by atoms with Crippen molar-refractivity contribution in [3.8, 4) is 0 Å². The van der Waals surface area contributed by atoms with Crippen molar-refractivity contribution < 1.29 is 18.3 Å². The van der Waals surface area contributed by atoms with E-state index in [2.05, 4.69) is 15.9 Å². The minimum atomic E-state index is -3.49. The Morgan fingerprint density at radius 2 is 2.06 bits per heavy atom. The first-order valence-corrected chi connectivity index (χ1v) is 8.50. The molecular formula is C10H12BrNO4S2. The molecule has 1 fully saturated rings. The van der Waals surface area contributed by atoms with Gasteiger partial charge in [0, 0.05) is 17.6 Å². The largest absolute Gasteiger partial charge is 0.481 e. The number of rotatable bonds is 3. The van der Waals surface area contributed by atoms with Crippen molar-refractivity contribution in [2.24, 2.45) is 5.92 Å². The molecule has 1 N–H and O–H groups in total. The summed E-state index contributed by atoms with van der Waals surface area (Å²) in [4.78, 5) is 10.8. The molecule has 0 aromatic carbocycles. The maximum absolute atomic E-state index is 12.3. The molecule has 1 aromatic rings. The molecule has 1 aromatic heterocycles. The summed E-state index contributed by atoms with van der Waals surface area (Å²) in [6.07, 6.45) is 0.745. The molecule has 0 amide bonds. The number of sulfonamides is 1. The van der Waals surface area contributed by atoms with Crippen LogP contribution >= 0.6 is 27.3 Å². The van der Waals surface area contributed by atoms with Crippen LogP contribution in [0.3, 0.4) is 0 Å². The Morgan fingerprint density at radius 3 is 2.50 bits per heavy atom. The fraction of sp³-hybridized carbons (Fsp3) is 0.500. The SMILES string of the molecule is O=C(O)C1CCN(S(=O)(=O)c2sccc2Br)CC1.